The van der Waals surface area contributed by atoms with Crippen LogP contribution in [-0.4, -0.2) is 50.4 Å². The van der Waals surface area contributed by atoms with Crippen molar-refractivity contribution in [3.63, 3.8) is 0 Å². The number of para-hydroxylation sites is 2. The maximum absolute atomic E-state index is 12.0. The quantitative estimate of drug-likeness (QED) is 0.859. The fourth-order valence-electron chi connectivity index (χ4n) is 2.08. The molecule has 0 aliphatic rings. The van der Waals surface area contributed by atoms with Crippen molar-refractivity contribution in [2.75, 3.05) is 18.8 Å². The summed E-state index contributed by atoms with van der Waals surface area (Å²) >= 11 is 1.15. The lowest BCUT2D eigenvalue weighted by Gasteiger charge is -2.17. The average molecular weight is 307 g/mol. The number of benzene rings is 1. The minimum Gasteiger partial charge on any atom is -0.464 e. The van der Waals surface area contributed by atoms with Crippen LogP contribution in [0.2, 0.25) is 0 Å². The number of imidazole rings is 1. The Labute approximate surface area is 126 Å². The molecule has 1 N–H and O–H groups in total. The molecule has 1 aromatic heterocycles. The van der Waals surface area contributed by atoms with E-state index in [0.717, 1.165) is 16.3 Å². The molecule has 21 heavy (non-hydrogen) atoms. The largest absolute Gasteiger partial charge is 0.464 e. The van der Waals surface area contributed by atoms with Crippen molar-refractivity contribution < 1.29 is 14.7 Å². The minimum atomic E-state index is -1.10. The predicted molar refractivity (Wildman–Crippen MR) is 81.8 cm³/mol. The van der Waals surface area contributed by atoms with E-state index in [4.69, 9.17) is 0 Å². The molecule has 2 rings (SSSR count). The highest BCUT2D eigenvalue weighted by molar-refractivity contribution is 7.99. The highest BCUT2D eigenvalue weighted by Crippen LogP contribution is 2.24. The zero-order valence-electron chi connectivity index (χ0n) is 11.9. The summed E-state index contributed by atoms with van der Waals surface area (Å²) in [6.45, 7) is 5.12. The van der Waals surface area contributed by atoms with Gasteiger partial charge in [0.2, 0.25) is 5.91 Å². The summed E-state index contributed by atoms with van der Waals surface area (Å²) in [5, 5.41) is 9.66. The van der Waals surface area contributed by atoms with Crippen LogP contribution in [0.4, 0.5) is 4.79 Å². The summed E-state index contributed by atoms with van der Waals surface area (Å²) in [5.74, 6) is 0.159. The molecule has 0 atom stereocenters. The molecule has 0 unspecified atom stereocenters. The third-order valence-corrected chi connectivity index (χ3v) is 4.09. The van der Waals surface area contributed by atoms with Crippen molar-refractivity contribution in [1.82, 2.24) is 14.5 Å². The summed E-state index contributed by atoms with van der Waals surface area (Å²) in [6, 6.07) is 7.02. The number of carbonyl (C=O) groups is 2. The number of nitrogens with zero attached hydrogens (tertiary/aromatic N) is 3. The zero-order valence-corrected chi connectivity index (χ0v) is 12.8. The molecule has 0 fully saturated rings. The van der Waals surface area contributed by atoms with E-state index in [2.05, 4.69) is 4.98 Å². The first-order chi connectivity index (χ1) is 10.1. The van der Waals surface area contributed by atoms with Crippen molar-refractivity contribution in [3.05, 3.63) is 24.3 Å². The molecule has 0 bridgehead atoms. The van der Waals surface area contributed by atoms with E-state index in [0.29, 0.717) is 29.3 Å². The van der Waals surface area contributed by atoms with Crippen LogP contribution < -0.4 is 0 Å². The molecular weight excluding hydrogens is 290 g/mol. The van der Waals surface area contributed by atoms with Gasteiger partial charge in [-0.2, -0.15) is 0 Å². The number of fused-ring (bicyclic) bond motifs is 1. The lowest BCUT2D eigenvalue weighted by atomic mass is 10.3. The maximum atomic E-state index is 12.0. The Morgan fingerprint density at radius 1 is 1.29 bits per heavy atom. The van der Waals surface area contributed by atoms with Crippen LogP contribution in [0.3, 0.4) is 0 Å². The molecule has 112 valence electrons. The highest BCUT2D eigenvalue weighted by Gasteiger charge is 2.18. The Morgan fingerprint density at radius 3 is 2.57 bits per heavy atom. The summed E-state index contributed by atoms with van der Waals surface area (Å²) in [6.07, 6.45) is -1.10. The first-order valence-corrected chi connectivity index (χ1v) is 7.68. The predicted octanol–water partition coefficient (Wildman–Crippen LogP) is 2.52. The van der Waals surface area contributed by atoms with Gasteiger partial charge >= 0.3 is 6.09 Å². The van der Waals surface area contributed by atoms with E-state index in [1.165, 1.54) is 0 Å². The minimum absolute atomic E-state index is 0.0194. The summed E-state index contributed by atoms with van der Waals surface area (Å²) in [4.78, 5) is 29.4. The summed E-state index contributed by atoms with van der Waals surface area (Å²) < 4.78 is 1.12. The molecule has 2 aromatic rings. The van der Waals surface area contributed by atoms with Gasteiger partial charge in [-0.25, -0.2) is 14.3 Å². The van der Waals surface area contributed by atoms with Crippen LogP contribution in [0.25, 0.3) is 11.0 Å². The Bertz CT molecular complexity index is 665. The molecule has 6 nitrogen and oxygen atoms in total. The number of rotatable bonds is 5. The van der Waals surface area contributed by atoms with Crippen LogP contribution in [0.5, 0.6) is 0 Å². The van der Waals surface area contributed by atoms with Gasteiger partial charge in [0.15, 0.2) is 5.16 Å². The van der Waals surface area contributed by atoms with Gasteiger partial charge in [-0.1, -0.05) is 23.9 Å². The number of thioether (sulfide) groups is 1. The SMILES string of the molecule is CCN(CC)C(=O)CSc1nc2ccccc2n1C(=O)O. The van der Waals surface area contributed by atoms with E-state index < -0.39 is 6.09 Å². The zero-order chi connectivity index (χ0) is 15.4. The number of hydrogen-bond donors (Lipinski definition) is 1. The van der Waals surface area contributed by atoms with Crippen molar-refractivity contribution in [1.29, 1.82) is 0 Å². The second-order valence-electron chi connectivity index (χ2n) is 4.36. The van der Waals surface area contributed by atoms with Gasteiger partial charge in [0.25, 0.3) is 0 Å². The van der Waals surface area contributed by atoms with Gasteiger partial charge in [0.05, 0.1) is 16.8 Å². The Hall–Kier alpha value is -2.02. The molecule has 0 radical (unpaired) electrons. The molecule has 7 heteroatoms. The van der Waals surface area contributed by atoms with Gasteiger partial charge in [0.1, 0.15) is 0 Å². The molecule has 0 saturated carbocycles. The average Bonchev–Trinajstić information content (AvgIpc) is 2.84. The summed E-state index contributed by atoms with van der Waals surface area (Å²) in [7, 11) is 0. The fraction of sp³-hybridized carbons (Fsp3) is 0.357. The topological polar surface area (TPSA) is 75.4 Å². The monoisotopic (exact) mass is 307 g/mol. The molecule has 1 aromatic carbocycles. The molecular formula is C14H17N3O3S. The van der Waals surface area contributed by atoms with E-state index in [1.807, 2.05) is 13.8 Å². The van der Waals surface area contributed by atoms with Crippen molar-refractivity contribution in [2.45, 2.75) is 19.0 Å². The second-order valence-corrected chi connectivity index (χ2v) is 5.30. The Balaban J connectivity index is 2.24. The molecule has 1 amide bonds. The Morgan fingerprint density at radius 2 is 1.95 bits per heavy atom. The van der Waals surface area contributed by atoms with Gasteiger partial charge in [0, 0.05) is 13.1 Å². The van der Waals surface area contributed by atoms with Crippen LogP contribution in [0.15, 0.2) is 29.4 Å². The first-order valence-electron chi connectivity index (χ1n) is 6.69. The number of carbonyl (C=O) groups excluding carboxylic acids is 1. The lowest BCUT2D eigenvalue weighted by Crippen LogP contribution is -2.32. The smallest absolute Gasteiger partial charge is 0.418 e. The van der Waals surface area contributed by atoms with E-state index in [1.54, 1.807) is 29.2 Å². The molecule has 1 heterocycles. The van der Waals surface area contributed by atoms with E-state index >= 15 is 0 Å². The van der Waals surface area contributed by atoms with Crippen molar-refractivity contribution in [2.24, 2.45) is 0 Å². The number of hydrogen-bond acceptors (Lipinski definition) is 4. The normalized spacial score (nSPS) is 10.8. The van der Waals surface area contributed by atoms with Crippen LogP contribution in [0.1, 0.15) is 13.8 Å². The lowest BCUT2D eigenvalue weighted by molar-refractivity contribution is -0.127. The van der Waals surface area contributed by atoms with Gasteiger partial charge in [-0.3, -0.25) is 4.79 Å². The summed E-state index contributed by atoms with van der Waals surface area (Å²) in [5.41, 5.74) is 1.14. The first kappa shape index (κ1) is 15.4. The molecule has 0 saturated heterocycles. The third-order valence-electron chi connectivity index (χ3n) is 3.16. The number of aromatic nitrogens is 2. The van der Waals surface area contributed by atoms with Crippen LogP contribution >= 0.6 is 11.8 Å². The number of carboxylic acid groups (broad SMARTS) is 1. The van der Waals surface area contributed by atoms with Crippen molar-refractivity contribution >= 4 is 34.8 Å². The van der Waals surface area contributed by atoms with E-state index in [9.17, 15) is 14.7 Å². The van der Waals surface area contributed by atoms with Crippen LogP contribution in [0, 0.1) is 0 Å². The number of amides is 1. The van der Waals surface area contributed by atoms with Crippen LogP contribution in [-0.2, 0) is 4.79 Å². The van der Waals surface area contributed by atoms with Gasteiger partial charge in [-0.05, 0) is 26.0 Å². The van der Waals surface area contributed by atoms with Gasteiger partial charge < -0.3 is 10.0 Å². The maximum Gasteiger partial charge on any atom is 0.418 e. The fourth-order valence-corrected chi connectivity index (χ4v) is 2.98. The third kappa shape index (κ3) is 3.18. The van der Waals surface area contributed by atoms with Crippen molar-refractivity contribution in [3.8, 4) is 0 Å². The molecule has 0 aliphatic carbocycles. The van der Waals surface area contributed by atoms with Gasteiger partial charge in [-0.15, -0.1) is 0 Å². The standard InChI is InChI=1S/C14H17N3O3S/c1-3-16(4-2)12(18)9-21-13-15-10-7-5-6-8-11(10)17(13)14(19)20/h5-8H,3-4,9H2,1-2H3,(H,19,20). The second kappa shape index (κ2) is 6.62. The van der Waals surface area contributed by atoms with E-state index in [-0.39, 0.29) is 11.7 Å². The highest BCUT2D eigenvalue weighted by atomic mass is 32.2. The Kier molecular flexibility index (Phi) is 4.85. The molecule has 0 spiro atoms. The molecule has 0 aliphatic heterocycles.